The second-order valence-electron chi connectivity index (χ2n) is 6.43. The van der Waals surface area contributed by atoms with Gasteiger partial charge in [0.05, 0.1) is 30.5 Å². The minimum absolute atomic E-state index is 0.621. The first-order valence-electron chi connectivity index (χ1n) is 9.12. The van der Waals surface area contributed by atoms with E-state index >= 15 is 0 Å². The Morgan fingerprint density at radius 2 is 2.04 bits per heavy atom. The third-order valence-electron chi connectivity index (χ3n) is 4.45. The molecule has 0 aliphatic rings. The molecule has 7 heteroatoms. The lowest BCUT2D eigenvalue weighted by atomic mass is 10.1. The lowest BCUT2D eigenvalue weighted by molar-refractivity contribution is 0.414. The number of thiazole rings is 1. The van der Waals surface area contributed by atoms with Crippen molar-refractivity contribution < 1.29 is 9.15 Å². The van der Waals surface area contributed by atoms with Gasteiger partial charge in [0.25, 0.3) is 0 Å². The fraction of sp³-hybridized carbons (Fsp3) is 0.238. The predicted octanol–water partition coefficient (Wildman–Crippen LogP) is 4.77. The highest BCUT2D eigenvalue weighted by Crippen LogP contribution is 2.31. The number of nitrogens with zero attached hydrogens (tertiary/aromatic N) is 3. The molecule has 4 aromatic rings. The summed E-state index contributed by atoms with van der Waals surface area (Å²) in [6, 6.07) is 14.0. The molecule has 0 aliphatic heterocycles. The van der Waals surface area contributed by atoms with Crippen LogP contribution < -0.4 is 10.1 Å². The van der Waals surface area contributed by atoms with Crippen LogP contribution in [0.5, 0.6) is 5.75 Å². The number of aromatic nitrogens is 3. The van der Waals surface area contributed by atoms with Crippen LogP contribution in [0.1, 0.15) is 17.0 Å². The van der Waals surface area contributed by atoms with Gasteiger partial charge in [0.15, 0.2) is 5.13 Å². The van der Waals surface area contributed by atoms with Crippen LogP contribution in [0.25, 0.3) is 10.6 Å². The summed E-state index contributed by atoms with van der Waals surface area (Å²) in [6.07, 6.45) is 4.62. The zero-order chi connectivity index (χ0) is 19.3. The fourth-order valence-corrected chi connectivity index (χ4v) is 3.86. The predicted molar refractivity (Wildman–Crippen MR) is 111 cm³/mol. The maximum Gasteiger partial charge on any atom is 0.183 e. The van der Waals surface area contributed by atoms with Gasteiger partial charge in [-0.15, -0.1) is 0 Å². The molecule has 0 radical (unpaired) electrons. The van der Waals surface area contributed by atoms with Crippen LogP contribution in [0.2, 0.25) is 0 Å². The van der Waals surface area contributed by atoms with Gasteiger partial charge in [-0.25, -0.2) is 4.98 Å². The summed E-state index contributed by atoms with van der Waals surface area (Å²) < 4.78 is 12.5. The second kappa shape index (κ2) is 8.31. The first-order chi connectivity index (χ1) is 13.7. The van der Waals surface area contributed by atoms with Gasteiger partial charge in [-0.05, 0) is 49.2 Å². The summed E-state index contributed by atoms with van der Waals surface area (Å²) in [5, 5.41) is 8.91. The molecule has 144 valence electrons. The molecule has 0 saturated carbocycles. The van der Waals surface area contributed by atoms with Crippen LogP contribution in [-0.4, -0.2) is 21.9 Å². The van der Waals surface area contributed by atoms with Crippen molar-refractivity contribution in [2.75, 3.05) is 12.4 Å². The molecule has 0 amide bonds. The van der Waals surface area contributed by atoms with Crippen LogP contribution >= 0.6 is 11.3 Å². The van der Waals surface area contributed by atoms with Gasteiger partial charge in [-0.1, -0.05) is 23.5 Å². The van der Waals surface area contributed by atoms with E-state index in [1.807, 2.05) is 48.1 Å². The number of nitrogens with one attached hydrogen (secondary N) is 1. The van der Waals surface area contributed by atoms with Crippen LogP contribution in [-0.2, 0) is 19.5 Å². The molecule has 1 N–H and O–H groups in total. The number of anilines is 1. The highest BCUT2D eigenvalue weighted by molar-refractivity contribution is 7.19. The molecule has 0 atom stereocenters. The molecular formula is C21H22N4O2S. The number of hydrogen-bond donors (Lipinski definition) is 1. The van der Waals surface area contributed by atoms with Crippen molar-refractivity contribution in [2.24, 2.45) is 0 Å². The first-order valence-corrected chi connectivity index (χ1v) is 9.93. The summed E-state index contributed by atoms with van der Waals surface area (Å²) in [5.41, 5.74) is 3.19. The highest BCUT2D eigenvalue weighted by Gasteiger charge is 2.12. The van der Waals surface area contributed by atoms with E-state index in [9.17, 15) is 0 Å². The van der Waals surface area contributed by atoms with E-state index in [4.69, 9.17) is 14.3 Å². The lowest BCUT2D eigenvalue weighted by Crippen LogP contribution is -2.02. The molecule has 3 aromatic heterocycles. The fourth-order valence-electron chi connectivity index (χ4n) is 2.93. The number of furan rings is 1. The van der Waals surface area contributed by atoms with Crippen molar-refractivity contribution in [2.45, 2.75) is 26.4 Å². The monoisotopic (exact) mass is 394 g/mol. The van der Waals surface area contributed by atoms with Crippen LogP contribution in [0.4, 0.5) is 5.13 Å². The molecule has 1 aromatic carbocycles. The minimum atomic E-state index is 0.621. The summed E-state index contributed by atoms with van der Waals surface area (Å²) in [5.74, 6) is 1.76. The Morgan fingerprint density at radius 1 is 1.18 bits per heavy atom. The van der Waals surface area contributed by atoms with Gasteiger partial charge in [-0.2, -0.15) is 5.10 Å². The van der Waals surface area contributed by atoms with E-state index < -0.39 is 0 Å². The third-order valence-corrected chi connectivity index (χ3v) is 5.59. The Labute approximate surface area is 167 Å². The Bertz CT molecular complexity index is 1020. The quantitative estimate of drug-likeness (QED) is 0.466. The average Bonchev–Trinajstić information content (AvgIpc) is 3.46. The number of benzene rings is 1. The van der Waals surface area contributed by atoms with Crippen LogP contribution in [0, 0.1) is 6.92 Å². The Morgan fingerprint density at radius 3 is 2.79 bits per heavy atom. The Balaban J connectivity index is 1.39. The zero-order valence-electron chi connectivity index (χ0n) is 15.9. The van der Waals surface area contributed by atoms with Crippen molar-refractivity contribution in [3.05, 3.63) is 71.9 Å². The number of aryl methyl sites for hydroxylation is 3. The van der Waals surface area contributed by atoms with Gasteiger partial charge in [0, 0.05) is 12.7 Å². The normalized spacial score (nSPS) is 10.9. The standard InChI is InChI=1S/C21H22N4O2S/c1-15-20(28-21(23-15)22-14-18-4-3-13-27-18)19-10-12-25(24-19)11-9-16-5-7-17(26-2)8-6-16/h3-8,10,12-13H,9,11,14H2,1-2H3,(H,22,23). The lowest BCUT2D eigenvalue weighted by Gasteiger charge is -2.04. The van der Waals surface area contributed by atoms with Crippen LogP contribution in [0.3, 0.4) is 0 Å². The topological polar surface area (TPSA) is 65.1 Å². The molecule has 0 saturated heterocycles. The smallest absolute Gasteiger partial charge is 0.183 e. The highest BCUT2D eigenvalue weighted by atomic mass is 32.1. The van der Waals surface area contributed by atoms with Crippen molar-refractivity contribution in [3.63, 3.8) is 0 Å². The van der Waals surface area contributed by atoms with E-state index in [0.717, 1.165) is 45.9 Å². The summed E-state index contributed by atoms with van der Waals surface area (Å²) in [6.45, 7) is 3.46. The molecule has 6 nitrogen and oxygen atoms in total. The Kier molecular flexibility index (Phi) is 5.43. The SMILES string of the molecule is COc1ccc(CCn2ccc(-c3sc(NCc4ccco4)nc3C)n2)cc1. The van der Waals surface area contributed by atoms with Crippen molar-refractivity contribution in [3.8, 4) is 16.3 Å². The van der Waals surface area contributed by atoms with Gasteiger partial charge >= 0.3 is 0 Å². The molecule has 28 heavy (non-hydrogen) atoms. The van der Waals surface area contributed by atoms with Gasteiger partial charge in [0.1, 0.15) is 17.2 Å². The second-order valence-corrected chi connectivity index (χ2v) is 7.43. The van der Waals surface area contributed by atoms with E-state index in [1.165, 1.54) is 5.56 Å². The number of hydrogen-bond acceptors (Lipinski definition) is 6. The average molecular weight is 395 g/mol. The molecule has 0 unspecified atom stereocenters. The van der Waals surface area contributed by atoms with E-state index in [1.54, 1.807) is 24.7 Å². The molecule has 0 fully saturated rings. The summed E-state index contributed by atoms with van der Waals surface area (Å²) in [7, 11) is 1.68. The van der Waals surface area contributed by atoms with Gasteiger partial charge < -0.3 is 14.5 Å². The molecule has 0 spiro atoms. The van der Waals surface area contributed by atoms with E-state index in [-0.39, 0.29) is 0 Å². The molecular weight excluding hydrogens is 372 g/mol. The van der Waals surface area contributed by atoms with Crippen LogP contribution in [0.15, 0.2) is 59.3 Å². The van der Waals surface area contributed by atoms with Crippen molar-refractivity contribution in [1.29, 1.82) is 0 Å². The molecule has 0 aliphatic carbocycles. The molecule has 3 heterocycles. The van der Waals surface area contributed by atoms with E-state index in [0.29, 0.717) is 6.54 Å². The molecule has 4 rings (SSSR count). The number of rotatable bonds is 8. The third kappa shape index (κ3) is 4.26. The first kappa shape index (κ1) is 18.3. The minimum Gasteiger partial charge on any atom is -0.497 e. The maximum atomic E-state index is 5.35. The number of methoxy groups -OCH3 is 1. The van der Waals surface area contributed by atoms with Gasteiger partial charge in [-0.3, -0.25) is 4.68 Å². The summed E-state index contributed by atoms with van der Waals surface area (Å²) in [4.78, 5) is 5.70. The zero-order valence-corrected chi connectivity index (χ0v) is 16.7. The largest absolute Gasteiger partial charge is 0.497 e. The molecule has 0 bridgehead atoms. The van der Waals surface area contributed by atoms with Crippen molar-refractivity contribution >= 4 is 16.5 Å². The number of ether oxygens (including phenoxy) is 1. The van der Waals surface area contributed by atoms with Gasteiger partial charge in [0.2, 0.25) is 0 Å². The van der Waals surface area contributed by atoms with Crippen molar-refractivity contribution in [1.82, 2.24) is 14.8 Å². The maximum absolute atomic E-state index is 5.35. The Hall–Kier alpha value is -3.06. The van der Waals surface area contributed by atoms with E-state index in [2.05, 4.69) is 22.4 Å². The summed E-state index contributed by atoms with van der Waals surface area (Å²) >= 11 is 1.61.